The number of alkyl halides is 1. The highest BCUT2D eigenvalue weighted by Crippen LogP contribution is 2.29. The van der Waals surface area contributed by atoms with Crippen LogP contribution in [0.25, 0.3) is 0 Å². The van der Waals surface area contributed by atoms with Gasteiger partial charge in [0.25, 0.3) is 0 Å². The number of benzene rings is 4. The third-order valence-corrected chi connectivity index (χ3v) is 6.89. The van der Waals surface area contributed by atoms with E-state index in [0.717, 1.165) is 12.0 Å². The van der Waals surface area contributed by atoms with Crippen molar-refractivity contribution in [1.82, 2.24) is 0 Å². The molecule has 0 heterocycles. The van der Waals surface area contributed by atoms with Crippen LogP contribution in [0.5, 0.6) is 0 Å². The fourth-order valence-electron chi connectivity index (χ4n) is 2.99. The number of halogens is 1. The van der Waals surface area contributed by atoms with Gasteiger partial charge in [-0.25, -0.2) is 0 Å². The number of hydrogen-bond donors (Lipinski definition) is 0. The van der Waals surface area contributed by atoms with Crippen molar-refractivity contribution in [3.63, 3.8) is 0 Å². The van der Waals surface area contributed by atoms with E-state index in [2.05, 4.69) is 97.1 Å². The fraction of sp³-hybridized carbons (Fsp3) is 0.0769. The van der Waals surface area contributed by atoms with Crippen LogP contribution in [0.4, 0.5) is 0 Å². The first-order valence-corrected chi connectivity index (χ1v) is 11.7. The lowest BCUT2D eigenvalue weighted by Crippen LogP contribution is -1.88. The number of hydrogen-bond acceptors (Lipinski definition) is 2. The summed E-state index contributed by atoms with van der Waals surface area (Å²) in [5, 5.41) is 0. The lowest BCUT2D eigenvalue weighted by atomic mass is 10.1. The SMILES string of the molecule is ClCc1ccc(Sc2ccc(Cc3ccc(Sc4ccccc4)cc3)cc2)cc1. The van der Waals surface area contributed by atoms with Crippen molar-refractivity contribution in [1.29, 1.82) is 0 Å². The van der Waals surface area contributed by atoms with Crippen LogP contribution in [0.1, 0.15) is 16.7 Å². The molecule has 0 amide bonds. The summed E-state index contributed by atoms with van der Waals surface area (Å²) in [4.78, 5) is 5.03. The van der Waals surface area contributed by atoms with Crippen LogP contribution in [-0.2, 0) is 12.3 Å². The highest BCUT2D eigenvalue weighted by Gasteiger charge is 2.02. The van der Waals surface area contributed by atoms with Crippen molar-refractivity contribution in [2.24, 2.45) is 0 Å². The average Bonchev–Trinajstić information content (AvgIpc) is 2.78. The zero-order valence-corrected chi connectivity index (χ0v) is 18.3. The highest BCUT2D eigenvalue weighted by molar-refractivity contribution is 7.99. The molecule has 4 rings (SSSR count). The van der Waals surface area contributed by atoms with Crippen LogP contribution in [-0.4, -0.2) is 0 Å². The molecule has 144 valence electrons. The van der Waals surface area contributed by atoms with Crippen LogP contribution in [0, 0.1) is 0 Å². The second-order valence-electron chi connectivity index (χ2n) is 6.76. The summed E-state index contributed by atoms with van der Waals surface area (Å²) < 4.78 is 0. The van der Waals surface area contributed by atoms with Gasteiger partial charge in [-0.05, 0) is 71.6 Å². The smallest absolute Gasteiger partial charge is 0.0474 e. The quantitative estimate of drug-likeness (QED) is 0.269. The molecule has 0 fully saturated rings. The lowest BCUT2D eigenvalue weighted by molar-refractivity contribution is 1.17. The largest absolute Gasteiger partial charge is 0.122 e. The van der Waals surface area contributed by atoms with E-state index in [-0.39, 0.29) is 0 Å². The van der Waals surface area contributed by atoms with Gasteiger partial charge in [0.1, 0.15) is 0 Å². The van der Waals surface area contributed by atoms with Gasteiger partial charge in [-0.3, -0.25) is 0 Å². The Morgan fingerprint density at radius 2 is 0.828 bits per heavy atom. The molecule has 0 aliphatic carbocycles. The molecule has 0 nitrogen and oxygen atoms in total. The Balaban J connectivity index is 1.35. The van der Waals surface area contributed by atoms with Gasteiger partial charge in [0.2, 0.25) is 0 Å². The summed E-state index contributed by atoms with van der Waals surface area (Å²) in [7, 11) is 0. The van der Waals surface area contributed by atoms with E-state index in [1.54, 1.807) is 23.5 Å². The fourth-order valence-corrected chi connectivity index (χ4v) is 4.83. The van der Waals surface area contributed by atoms with Crippen molar-refractivity contribution in [2.75, 3.05) is 0 Å². The molecule has 0 aliphatic rings. The van der Waals surface area contributed by atoms with E-state index in [0.29, 0.717) is 5.88 Å². The molecule has 0 N–H and O–H groups in total. The molecule has 0 spiro atoms. The molecule has 0 aromatic heterocycles. The van der Waals surface area contributed by atoms with E-state index < -0.39 is 0 Å². The van der Waals surface area contributed by atoms with E-state index >= 15 is 0 Å². The maximum atomic E-state index is 5.86. The Morgan fingerprint density at radius 3 is 1.24 bits per heavy atom. The van der Waals surface area contributed by atoms with Gasteiger partial charge in [0.05, 0.1) is 0 Å². The first-order valence-electron chi connectivity index (χ1n) is 9.52. The molecule has 3 heteroatoms. The van der Waals surface area contributed by atoms with E-state index in [9.17, 15) is 0 Å². The summed E-state index contributed by atoms with van der Waals surface area (Å²) in [5.41, 5.74) is 3.81. The van der Waals surface area contributed by atoms with Gasteiger partial charge in [0, 0.05) is 25.5 Å². The van der Waals surface area contributed by atoms with E-state index in [1.807, 2.05) is 6.07 Å². The zero-order chi connectivity index (χ0) is 19.9. The summed E-state index contributed by atoms with van der Waals surface area (Å²) in [5.74, 6) is 0.561. The standard InChI is InChI=1S/C26H21ClS2/c27-19-22-10-16-26(17-11-22)29-25-14-8-21(9-15-25)18-20-6-12-24(13-7-20)28-23-4-2-1-3-5-23/h1-17H,18-19H2. The Morgan fingerprint density at radius 1 is 0.448 bits per heavy atom. The van der Waals surface area contributed by atoms with Crippen molar-refractivity contribution in [3.05, 3.63) is 120 Å². The molecular weight excluding hydrogens is 412 g/mol. The minimum absolute atomic E-state index is 0.561. The average molecular weight is 433 g/mol. The van der Waals surface area contributed by atoms with Gasteiger partial charge in [-0.1, -0.05) is 78.1 Å². The third kappa shape index (κ3) is 5.93. The second-order valence-corrected chi connectivity index (χ2v) is 9.32. The Hall–Kier alpha value is -2.13. The first-order chi connectivity index (χ1) is 14.3. The Kier molecular flexibility index (Phi) is 7.00. The molecule has 0 atom stereocenters. The van der Waals surface area contributed by atoms with Gasteiger partial charge in [-0.15, -0.1) is 11.6 Å². The second kappa shape index (κ2) is 10.1. The molecule has 0 radical (unpaired) electrons. The molecule has 29 heavy (non-hydrogen) atoms. The van der Waals surface area contributed by atoms with E-state index in [4.69, 9.17) is 11.6 Å². The van der Waals surface area contributed by atoms with Gasteiger partial charge in [-0.2, -0.15) is 0 Å². The van der Waals surface area contributed by atoms with Crippen molar-refractivity contribution >= 4 is 35.1 Å². The summed E-state index contributed by atoms with van der Waals surface area (Å²) in [6.45, 7) is 0. The minimum Gasteiger partial charge on any atom is -0.122 e. The summed E-state index contributed by atoms with van der Waals surface area (Å²) in [6.07, 6.45) is 0.950. The van der Waals surface area contributed by atoms with Crippen molar-refractivity contribution in [3.8, 4) is 0 Å². The molecule has 0 saturated heterocycles. The van der Waals surface area contributed by atoms with Crippen LogP contribution in [0.2, 0.25) is 0 Å². The predicted octanol–water partition coefficient (Wildman–Crippen LogP) is 8.32. The Labute approximate surface area is 186 Å². The minimum atomic E-state index is 0.561. The summed E-state index contributed by atoms with van der Waals surface area (Å²) in [6, 6.07) is 36.7. The molecule has 4 aromatic rings. The molecule has 0 bridgehead atoms. The molecule has 0 saturated carbocycles. The Bertz CT molecular complexity index is 1020. The van der Waals surface area contributed by atoms with Crippen molar-refractivity contribution in [2.45, 2.75) is 31.9 Å². The third-order valence-electron chi connectivity index (χ3n) is 4.55. The van der Waals surface area contributed by atoms with Gasteiger partial charge in [0.15, 0.2) is 0 Å². The zero-order valence-electron chi connectivity index (χ0n) is 15.9. The van der Waals surface area contributed by atoms with Gasteiger partial charge >= 0.3 is 0 Å². The maximum Gasteiger partial charge on any atom is 0.0474 e. The topological polar surface area (TPSA) is 0 Å². The van der Waals surface area contributed by atoms with Crippen LogP contribution < -0.4 is 0 Å². The van der Waals surface area contributed by atoms with Gasteiger partial charge < -0.3 is 0 Å². The lowest BCUT2D eigenvalue weighted by Gasteiger charge is -2.07. The van der Waals surface area contributed by atoms with Crippen LogP contribution in [0.3, 0.4) is 0 Å². The summed E-state index contributed by atoms with van der Waals surface area (Å²) >= 11 is 9.44. The molecule has 4 aromatic carbocycles. The molecular formula is C26H21ClS2. The number of rotatable bonds is 7. The first kappa shape index (κ1) is 20.2. The van der Waals surface area contributed by atoms with E-state index in [1.165, 1.54) is 30.7 Å². The maximum absolute atomic E-state index is 5.86. The van der Waals surface area contributed by atoms with Crippen molar-refractivity contribution < 1.29 is 0 Å². The predicted molar refractivity (Wildman–Crippen MR) is 126 cm³/mol. The van der Waals surface area contributed by atoms with Crippen LogP contribution in [0.15, 0.2) is 123 Å². The normalized spacial score (nSPS) is 10.8. The van der Waals surface area contributed by atoms with Crippen LogP contribution >= 0.6 is 35.1 Å². The molecule has 0 aliphatic heterocycles. The highest BCUT2D eigenvalue weighted by atomic mass is 35.5. The molecule has 0 unspecified atom stereocenters. The monoisotopic (exact) mass is 432 g/mol.